The topological polar surface area (TPSA) is 154 Å². The number of aromatic hydroxyl groups is 2. The first-order valence-corrected chi connectivity index (χ1v) is 17.0. The average molecular weight is 836 g/mol. The summed E-state index contributed by atoms with van der Waals surface area (Å²) in [6.45, 7) is 45.7. The molecule has 0 unspecified atom stereocenters. The molecule has 1 heterocycles. The summed E-state index contributed by atoms with van der Waals surface area (Å²) in [6.07, 6.45) is 6.01. The van der Waals surface area contributed by atoms with Crippen molar-refractivity contribution in [2.24, 2.45) is 9.98 Å². The van der Waals surface area contributed by atoms with Gasteiger partial charge in [-0.05, 0) is 69.9 Å². The normalized spacial score (nSPS) is 12.1. The van der Waals surface area contributed by atoms with Gasteiger partial charge in [0, 0.05) is 82.0 Å². The smallest absolute Gasteiger partial charge is 0 e. The van der Waals surface area contributed by atoms with E-state index in [1.54, 1.807) is 12.4 Å². The number of phenolic OH excluding ortho intramolecular Hbond substituents is 2. The minimum Gasteiger partial charge on any atom is 0 e. The summed E-state index contributed by atoms with van der Waals surface area (Å²) >= 11 is 0. The molecule has 299 valence electrons. The van der Waals surface area contributed by atoms with Crippen LogP contribution in [0.5, 0.6) is 11.5 Å². The van der Waals surface area contributed by atoms with Crippen molar-refractivity contribution in [2.75, 3.05) is 13.2 Å². The predicted octanol–water partition coefficient (Wildman–Crippen LogP) is 10.4. The molecule has 1 aliphatic heterocycles. The van der Waals surface area contributed by atoms with E-state index in [0.717, 1.165) is 35.5 Å². The monoisotopic (exact) mass is 835 g/mol. The number of para-hydroxylation sites is 2. The quantitative estimate of drug-likeness (QED) is 0.153. The Morgan fingerprint density at radius 1 is 0.545 bits per heavy atom. The molecule has 0 aliphatic carbocycles. The summed E-state index contributed by atoms with van der Waals surface area (Å²) in [5.74, 6) is 0.507. The summed E-state index contributed by atoms with van der Waals surface area (Å²) in [6, 6.07) is 15.9. The first-order valence-electron chi connectivity index (χ1n) is 17.0. The van der Waals surface area contributed by atoms with Crippen LogP contribution < -0.4 is 0 Å². The van der Waals surface area contributed by atoms with Crippen LogP contribution >= 0.6 is 0 Å². The van der Waals surface area contributed by atoms with Gasteiger partial charge in [0.05, 0.1) is 11.4 Å². The molecule has 1 radical (unpaired) electrons. The van der Waals surface area contributed by atoms with Crippen LogP contribution in [0.3, 0.4) is 0 Å². The minimum atomic E-state index is -0.217. The average Bonchev–Trinajstić information content (AvgIpc) is 3.70. The maximum Gasteiger partial charge on any atom is 0 e. The molecule has 0 aromatic heterocycles. The van der Waals surface area contributed by atoms with Gasteiger partial charge < -0.3 is 14.9 Å². The number of phenols is 2. The number of ether oxygens (including phenoxy) is 1. The zero-order chi connectivity index (χ0) is 41.8. The predicted molar refractivity (Wildman–Crippen MR) is 208 cm³/mol. The van der Waals surface area contributed by atoms with E-state index in [4.69, 9.17) is 33.3 Å². The van der Waals surface area contributed by atoms with E-state index in [-0.39, 0.29) is 67.3 Å². The maximum absolute atomic E-state index is 11.2. The van der Waals surface area contributed by atoms with Gasteiger partial charge in [-0.25, -0.2) is 0 Å². The molecule has 55 heavy (non-hydrogen) atoms. The number of aliphatic imine (C=N–C) groups is 2. The van der Waals surface area contributed by atoms with E-state index < -0.39 is 0 Å². The Morgan fingerprint density at radius 2 is 0.836 bits per heavy atom. The molecule has 0 amide bonds. The van der Waals surface area contributed by atoms with Crippen LogP contribution in [0.1, 0.15) is 129 Å². The largest absolute Gasteiger partial charge is 0 e. The molecule has 1 fully saturated rings. The summed E-state index contributed by atoms with van der Waals surface area (Å²) in [5.41, 5.74) is 6.23. The molecule has 0 bridgehead atoms. The van der Waals surface area contributed by atoms with Gasteiger partial charge in [-0.1, -0.05) is 107 Å². The van der Waals surface area contributed by atoms with Gasteiger partial charge >= 0.3 is 45.2 Å². The molecule has 11 heteroatoms. The van der Waals surface area contributed by atoms with Gasteiger partial charge in [-0.2, -0.15) is 0 Å². The van der Waals surface area contributed by atoms with Crippen LogP contribution in [0.25, 0.3) is 0 Å². The molecule has 0 spiro atoms. The van der Waals surface area contributed by atoms with E-state index in [2.05, 4.69) is 122 Å². The molecule has 2 N–H and O–H groups in total. The second kappa shape index (κ2) is 27.2. The third kappa shape index (κ3) is 19.3. The summed E-state index contributed by atoms with van der Waals surface area (Å²) in [5, 5.41) is 22.4. The Morgan fingerprint density at radius 3 is 1.05 bits per heavy atom. The SMILES string of the molecule is C1CCOC1.CC(C)(C)c1cc(C=Nc2ccccc2N=Cc2cc(C(C)(C)C)cc(C(C)(C)C)c2O)c(O)c(C(C)(C)C)c1.[C-]#[O+].[C-]#[O+].[C-]#[O+].[C-]#[O+].[Co].[Cr]. The van der Waals surface area contributed by atoms with Gasteiger partial charge in [0.25, 0.3) is 0 Å². The number of nitrogens with zero attached hydrogens (tertiary/aromatic N) is 2. The van der Waals surface area contributed by atoms with E-state index in [0.29, 0.717) is 22.5 Å². The number of hydrogen-bond donors (Lipinski definition) is 2. The van der Waals surface area contributed by atoms with Gasteiger partial charge in [0.2, 0.25) is 0 Å². The van der Waals surface area contributed by atoms with Crippen molar-refractivity contribution in [1.82, 2.24) is 0 Å². The Balaban J connectivity index is -0.000000759. The Kier molecular flexibility index (Phi) is 28.8. The third-order valence-electron chi connectivity index (χ3n) is 8.02. The van der Waals surface area contributed by atoms with E-state index in [1.807, 2.05) is 36.4 Å². The molecular weight excluding hydrogens is 779 g/mol. The fourth-order valence-corrected chi connectivity index (χ4v) is 4.99. The first-order chi connectivity index (χ1) is 24.7. The fourth-order valence-electron chi connectivity index (χ4n) is 4.99. The number of rotatable bonds is 4. The zero-order valence-corrected chi connectivity index (χ0v) is 36.5. The summed E-state index contributed by atoms with van der Waals surface area (Å²) < 4.78 is 34.9. The van der Waals surface area contributed by atoms with Crippen molar-refractivity contribution >= 4 is 23.8 Å². The van der Waals surface area contributed by atoms with Crippen LogP contribution in [-0.2, 0) is 79.1 Å². The van der Waals surface area contributed by atoms with E-state index in [1.165, 1.54) is 12.8 Å². The van der Waals surface area contributed by atoms with E-state index >= 15 is 0 Å². The van der Waals surface area contributed by atoms with Crippen molar-refractivity contribution in [2.45, 2.75) is 118 Å². The van der Waals surface area contributed by atoms with Crippen LogP contribution in [-0.4, -0.2) is 35.9 Å². The van der Waals surface area contributed by atoms with Crippen molar-refractivity contribution in [3.63, 3.8) is 0 Å². The van der Waals surface area contributed by atoms with Gasteiger partial charge in [-0.15, -0.1) is 0 Å². The second-order valence-corrected chi connectivity index (χ2v) is 16.2. The fraction of sp³-hybridized carbons (Fsp3) is 0.455. The molecular formula is C44H56CoCrN2O7. The molecule has 1 saturated heterocycles. The van der Waals surface area contributed by atoms with Gasteiger partial charge in [0.15, 0.2) is 0 Å². The van der Waals surface area contributed by atoms with Crippen LogP contribution in [0, 0.1) is 26.6 Å². The molecule has 4 rings (SSSR count). The Bertz CT molecular complexity index is 1590. The van der Waals surface area contributed by atoms with Crippen molar-refractivity contribution in [3.8, 4) is 11.5 Å². The van der Waals surface area contributed by atoms with Crippen LogP contribution in [0.2, 0.25) is 0 Å². The summed E-state index contributed by atoms with van der Waals surface area (Å²) in [4.78, 5) is 9.54. The maximum atomic E-state index is 11.2. The second-order valence-electron chi connectivity index (χ2n) is 16.2. The molecule has 3 aromatic rings. The van der Waals surface area contributed by atoms with Gasteiger partial charge in [-0.3, -0.25) is 9.98 Å². The minimum absolute atomic E-state index is 0. The number of hydrogen-bond acceptors (Lipinski definition) is 5. The third-order valence-corrected chi connectivity index (χ3v) is 8.02. The van der Waals surface area contributed by atoms with E-state index in [9.17, 15) is 10.2 Å². The molecule has 0 saturated carbocycles. The van der Waals surface area contributed by atoms with Crippen molar-refractivity contribution < 1.29 is 67.7 Å². The zero-order valence-electron chi connectivity index (χ0n) is 34.2. The van der Waals surface area contributed by atoms with Crippen molar-refractivity contribution in [3.05, 3.63) is 109 Å². The summed E-state index contributed by atoms with van der Waals surface area (Å²) in [7, 11) is 0. The molecule has 1 aliphatic rings. The molecule has 9 nitrogen and oxygen atoms in total. The number of benzene rings is 3. The molecule has 3 aromatic carbocycles. The Labute approximate surface area is 350 Å². The molecule has 0 atom stereocenters. The first kappa shape index (κ1) is 58.3. The standard InChI is InChI=1S/C36H48N2O2.C4H8O.4CO.Co.Cr/c1-33(2,3)25-17-23(31(39)27(19-25)35(7,8)9)21-37-29-15-13-14-16-30(29)38-22-24-18-26(34(4,5)6)20-28(32(24)40)36(10,11)12;1-2-4-5-3-1;4*1-2;;/h13-22,39-40H,1-12H3;1-4H2;;;;;;. The van der Waals surface area contributed by atoms with Crippen LogP contribution in [0.15, 0.2) is 58.5 Å². The van der Waals surface area contributed by atoms with Gasteiger partial charge in [0.1, 0.15) is 11.5 Å². The Hall–Kier alpha value is -3.44. The van der Waals surface area contributed by atoms with Crippen LogP contribution in [0.4, 0.5) is 11.4 Å². The van der Waals surface area contributed by atoms with Crippen molar-refractivity contribution in [1.29, 1.82) is 0 Å².